The van der Waals surface area contributed by atoms with Gasteiger partial charge in [-0.3, -0.25) is 9.29 Å². The summed E-state index contributed by atoms with van der Waals surface area (Å²) < 4.78 is 38.5. The number of fused-ring (bicyclic) bond motifs is 1. The number of ether oxygens (including phenoxy) is 2. The minimum absolute atomic E-state index is 0.0817. The average Bonchev–Trinajstić information content (AvgIpc) is 3.22. The normalized spacial score (nSPS) is 18.0. The van der Waals surface area contributed by atoms with Gasteiger partial charge in [0, 0.05) is 37.7 Å². The van der Waals surface area contributed by atoms with Gasteiger partial charge in [-0.15, -0.1) is 0 Å². The summed E-state index contributed by atoms with van der Waals surface area (Å²) in [6.45, 7) is 2.58. The third kappa shape index (κ3) is 5.35. The Morgan fingerprint density at radius 3 is 2.64 bits per heavy atom. The molecule has 36 heavy (non-hydrogen) atoms. The maximum atomic E-state index is 13.8. The van der Waals surface area contributed by atoms with Crippen LogP contribution in [0.25, 0.3) is 11.1 Å². The van der Waals surface area contributed by atoms with E-state index in [0.717, 1.165) is 59.6 Å². The number of alkyl halides is 1. The molecule has 4 nitrogen and oxygen atoms in total. The van der Waals surface area contributed by atoms with E-state index in [9.17, 15) is 13.9 Å². The SMILES string of the molecule is Oc1ccc2c(c1)OCCC(c1ccc(F)cc1Cl)=C2c1ccc(O[C@H]2CCN(CCCF)C2)cc1. The zero-order valence-corrected chi connectivity index (χ0v) is 20.6. The van der Waals surface area contributed by atoms with Crippen LogP contribution >= 0.6 is 11.6 Å². The molecule has 5 rings (SSSR count). The highest BCUT2D eigenvalue weighted by Crippen LogP contribution is 2.43. The molecule has 0 spiro atoms. The van der Waals surface area contributed by atoms with Crippen molar-refractivity contribution in [2.75, 3.05) is 32.9 Å². The minimum Gasteiger partial charge on any atom is -0.508 e. The van der Waals surface area contributed by atoms with Crippen LogP contribution in [0, 0.1) is 5.82 Å². The Balaban J connectivity index is 1.49. The van der Waals surface area contributed by atoms with Crippen molar-refractivity contribution in [2.24, 2.45) is 0 Å². The number of hydrogen-bond donors (Lipinski definition) is 1. The summed E-state index contributed by atoms with van der Waals surface area (Å²) in [6, 6.07) is 17.4. The average molecular weight is 512 g/mol. The molecule has 0 bridgehead atoms. The Bertz CT molecular complexity index is 1260. The van der Waals surface area contributed by atoms with Crippen molar-refractivity contribution in [2.45, 2.75) is 25.4 Å². The van der Waals surface area contributed by atoms with Gasteiger partial charge in [0.2, 0.25) is 0 Å². The van der Waals surface area contributed by atoms with E-state index in [1.54, 1.807) is 18.2 Å². The second kappa shape index (κ2) is 10.9. The Labute approximate surface area is 214 Å². The number of phenols is 1. The van der Waals surface area contributed by atoms with Crippen LogP contribution in [0.5, 0.6) is 17.2 Å². The topological polar surface area (TPSA) is 41.9 Å². The first-order valence-electron chi connectivity index (χ1n) is 12.2. The highest BCUT2D eigenvalue weighted by atomic mass is 35.5. The number of aromatic hydroxyl groups is 1. The number of hydrogen-bond acceptors (Lipinski definition) is 4. The standard InChI is InChI=1S/C29H28ClF2NO3/c30-27-16-20(32)4-8-24(27)25-11-15-35-28-17-21(34)5-9-26(28)29(25)19-2-6-22(7-3-19)36-23-10-14-33(18-23)13-1-12-31/h2-9,16-17,23,34H,1,10-15,18H2/t23-/m0/s1. The Morgan fingerprint density at radius 1 is 1.06 bits per heavy atom. The van der Waals surface area contributed by atoms with Gasteiger partial charge in [-0.1, -0.05) is 29.8 Å². The zero-order chi connectivity index (χ0) is 25.1. The van der Waals surface area contributed by atoms with E-state index in [1.165, 1.54) is 12.1 Å². The Kier molecular flexibility index (Phi) is 7.44. The molecule has 3 aromatic carbocycles. The van der Waals surface area contributed by atoms with Crippen molar-refractivity contribution < 1.29 is 23.4 Å². The first-order chi connectivity index (χ1) is 17.5. The van der Waals surface area contributed by atoms with Crippen LogP contribution in [0.1, 0.15) is 36.0 Å². The molecule has 2 aliphatic heterocycles. The monoisotopic (exact) mass is 511 g/mol. The molecule has 2 heterocycles. The molecule has 0 unspecified atom stereocenters. The van der Waals surface area contributed by atoms with Crippen molar-refractivity contribution >= 4 is 22.7 Å². The van der Waals surface area contributed by atoms with E-state index < -0.39 is 5.82 Å². The van der Waals surface area contributed by atoms with Crippen LogP contribution in [0.15, 0.2) is 60.7 Å². The van der Waals surface area contributed by atoms with Crippen LogP contribution in [0.3, 0.4) is 0 Å². The quantitative estimate of drug-likeness (QED) is 0.381. The molecule has 0 amide bonds. The molecule has 2 aliphatic rings. The van der Waals surface area contributed by atoms with E-state index in [-0.39, 0.29) is 18.5 Å². The highest BCUT2D eigenvalue weighted by molar-refractivity contribution is 6.32. The number of halogens is 3. The molecular weight excluding hydrogens is 484 g/mol. The predicted molar refractivity (Wildman–Crippen MR) is 138 cm³/mol. The van der Waals surface area contributed by atoms with Gasteiger partial charge in [0.05, 0.1) is 18.3 Å². The van der Waals surface area contributed by atoms with Gasteiger partial charge >= 0.3 is 0 Å². The minimum atomic E-state index is -0.391. The van der Waals surface area contributed by atoms with Gasteiger partial charge in [-0.25, -0.2) is 4.39 Å². The molecule has 0 aliphatic carbocycles. The van der Waals surface area contributed by atoms with Crippen molar-refractivity contribution in [1.82, 2.24) is 4.90 Å². The van der Waals surface area contributed by atoms with Crippen LogP contribution < -0.4 is 9.47 Å². The molecule has 1 N–H and O–H groups in total. The zero-order valence-electron chi connectivity index (χ0n) is 19.9. The number of nitrogens with zero attached hydrogens (tertiary/aromatic N) is 1. The van der Waals surface area contributed by atoms with E-state index >= 15 is 0 Å². The summed E-state index contributed by atoms with van der Waals surface area (Å²) >= 11 is 6.49. The molecule has 0 saturated carbocycles. The van der Waals surface area contributed by atoms with Crippen molar-refractivity contribution in [3.63, 3.8) is 0 Å². The van der Waals surface area contributed by atoms with Gasteiger partial charge < -0.3 is 14.6 Å². The van der Waals surface area contributed by atoms with Crippen LogP contribution in [0.2, 0.25) is 5.02 Å². The maximum Gasteiger partial charge on any atom is 0.130 e. The predicted octanol–water partition coefficient (Wildman–Crippen LogP) is 6.74. The Morgan fingerprint density at radius 2 is 1.86 bits per heavy atom. The molecule has 3 aromatic rings. The fourth-order valence-electron chi connectivity index (χ4n) is 4.99. The second-order valence-electron chi connectivity index (χ2n) is 9.15. The molecule has 1 saturated heterocycles. The van der Waals surface area contributed by atoms with Crippen molar-refractivity contribution in [3.05, 3.63) is 88.2 Å². The smallest absolute Gasteiger partial charge is 0.130 e. The lowest BCUT2D eigenvalue weighted by Gasteiger charge is -2.18. The fraction of sp³-hybridized carbons (Fsp3) is 0.310. The molecule has 188 valence electrons. The molecule has 0 radical (unpaired) electrons. The first kappa shape index (κ1) is 24.6. The second-order valence-corrected chi connectivity index (χ2v) is 9.56. The lowest BCUT2D eigenvalue weighted by Crippen LogP contribution is -2.26. The summed E-state index contributed by atoms with van der Waals surface area (Å²) in [5.74, 6) is 1.08. The van der Waals surface area contributed by atoms with Gasteiger partial charge in [0.1, 0.15) is 29.2 Å². The summed E-state index contributed by atoms with van der Waals surface area (Å²) in [5.41, 5.74) is 4.37. The lowest BCUT2D eigenvalue weighted by molar-refractivity contribution is 0.198. The first-order valence-corrected chi connectivity index (χ1v) is 12.6. The largest absolute Gasteiger partial charge is 0.508 e. The Hall–Kier alpha value is -3.09. The number of likely N-dealkylation sites (tertiary alicyclic amines) is 1. The van der Waals surface area contributed by atoms with Gasteiger partial charge in [0.15, 0.2) is 0 Å². The van der Waals surface area contributed by atoms with E-state index in [4.69, 9.17) is 21.1 Å². The summed E-state index contributed by atoms with van der Waals surface area (Å²) in [5, 5.41) is 10.4. The number of rotatable bonds is 7. The van der Waals surface area contributed by atoms with Crippen LogP contribution in [-0.2, 0) is 0 Å². The van der Waals surface area contributed by atoms with E-state index in [0.29, 0.717) is 30.2 Å². The van der Waals surface area contributed by atoms with Gasteiger partial charge in [-0.2, -0.15) is 0 Å². The third-order valence-electron chi connectivity index (χ3n) is 6.69. The van der Waals surface area contributed by atoms with Crippen molar-refractivity contribution in [3.8, 4) is 17.2 Å². The summed E-state index contributed by atoms with van der Waals surface area (Å²) in [4.78, 5) is 2.24. The number of phenolic OH excluding ortho intramolecular Hbond substituents is 1. The van der Waals surface area contributed by atoms with Crippen LogP contribution in [0.4, 0.5) is 8.78 Å². The third-order valence-corrected chi connectivity index (χ3v) is 7.00. The molecular formula is C29H28ClF2NO3. The van der Waals surface area contributed by atoms with Crippen LogP contribution in [-0.4, -0.2) is 49.0 Å². The molecule has 7 heteroatoms. The van der Waals surface area contributed by atoms with Gasteiger partial charge in [-0.05, 0) is 71.5 Å². The number of benzene rings is 3. The fourth-order valence-corrected chi connectivity index (χ4v) is 5.27. The maximum absolute atomic E-state index is 13.8. The highest BCUT2D eigenvalue weighted by Gasteiger charge is 2.25. The lowest BCUT2D eigenvalue weighted by atomic mass is 9.88. The molecule has 0 aromatic heterocycles. The summed E-state index contributed by atoms with van der Waals surface area (Å²) in [6.07, 6.45) is 2.12. The van der Waals surface area contributed by atoms with E-state index in [1.807, 2.05) is 30.3 Å². The van der Waals surface area contributed by atoms with Crippen molar-refractivity contribution in [1.29, 1.82) is 0 Å². The molecule has 1 atom stereocenters. The molecule has 1 fully saturated rings. The van der Waals surface area contributed by atoms with E-state index in [2.05, 4.69) is 4.90 Å². The summed E-state index contributed by atoms with van der Waals surface area (Å²) in [7, 11) is 0. The van der Waals surface area contributed by atoms with Gasteiger partial charge in [0.25, 0.3) is 0 Å².